The molecule has 0 N–H and O–H groups in total. The highest BCUT2D eigenvalue weighted by Gasteiger charge is 2.28. The molecular weight excluding hydrogens is 313 g/mol. The standard InChI is InChI=1S/C11H12BrF3N2O/c12-8-6-9(17-10(16-8)7-2-3-7)18-5-1-4-11(13,14)15/h6-7H,1-5H2. The Morgan fingerprint density at radius 3 is 2.67 bits per heavy atom. The molecule has 1 saturated carbocycles. The molecule has 3 nitrogen and oxygen atoms in total. The van der Waals surface area contributed by atoms with Crippen LogP contribution in [0.2, 0.25) is 0 Å². The summed E-state index contributed by atoms with van der Waals surface area (Å²) in [5.74, 6) is 1.41. The molecule has 0 aliphatic heterocycles. The number of aromatic nitrogens is 2. The van der Waals surface area contributed by atoms with Crippen molar-refractivity contribution < 1.29 is 17.9 Å². The molecule has 0 bridgehead atoms. The second-order valence-corrected chi connectivity index (χ2v) is 5.04. The molecule has 1 aliphatic carbocycles. The van der Waals surface area contributed by atoms with E-state index in [1.54, 1.807) is 6.07 Å². The first-order valence-corrected chi connectivity index (χ1v) is 6.47. The van der Waals surface area contributed by atoms with Gasteiger partial charge in [-0.15, -0.1) is 0 Å². The molecule has 0 saturated heterocycles. The lowest BCUT2D eigenvalue weighted by Crippen LogP contribution is -2.10. The maximum absolute atomic E-state index is 11.9. The molecule has 100 valence electrons. The van der Waals surface area contributed by atoms with Crippen LogP contribution in [0.1, 0.15) is 37.4 Å². The predicted octanol–water partition coefficient (Wildman–Crippen LogP) is 3.84. The Labute approximate surface area is 111 Å². The van der Waals surface area contributed by atoms with Crippen molar-refractivity contribution >= 4 is 15.9 Å². The number of hydrogen-bond donors (Lipinski definition) is 0. The summed E-state index contributed by atoms with van der Waals surface area (Å²) < 4.78 is 41.6. The number of alkyl halides is 3. The van der Waals surface area contributed by atoms with Crippen LogP contribution in [0.25, 0.3) is 0 Å². The Hall–Kier alpha value is -0.850. The zero-order chi connectivity index (χ0) is 13.2. The lowest BCUT2D eigenvalue weighted by molar-refractivity contribution is -0.136. The third-order valence-corrected chi connectivity index (χ3v) is 2.89. The summed E-state index contributed by atoms with van der Waals surface area (Å²) in [6.45, 7) is 0.00701. The van der Waals surface area contributed by atoms with Gasteiger partial charge in [0, 0.05) is 18.4 Å². The third kappa shape index (κ3) is 4.44. The number of nitrogens with zero attached hydrogens (tertiary/aromatic N) is 2. The molecule has 1 aliphatic rings. The SMILES string of the molecule is FC(F)(F)CCCOc1cc(Br)nc(C2CC2)n1. The third-order valence-electron chi connectivity index (χ3n) is 2.49. The lowest BCUT2D eigenvalue weighted by Gasteiger charge is -2.08. The van der Waals surface area contributed by atoms with E-state index in [2.05, 4.69) is 25.9 Å². The summed E-state index contributed by atoms with van der Waals surface area (Å²) in [6, 6.07) is 1.57. The fourth-order valence-electron chi connectivity index (χ4n) is 1.46. The summed E-state index contributed by atoms with van der Waals surface area (Å²) in [5.41, 5.74) is 0. The molecule has 0 atom stereocenters. The molecule has 1 aromatic rings. The summed E-state index contributed by atoms with van der Waals surface area (Å²) in [4.78, 5) is 8.39. The molecule has 1 fully saturated rings. The number of halogens is 4. The van der Waals surface area contributed by atoms with Gasteiger partial charge in [-0.2, -0.15) is 18.2 Å². The van der Waals surface area contributed by atoms with Crippen molar-refractivity contribution in [1.29, 1.82) is 0 Å². The molecule has 0 spiro atoms. The fourth-order valence-corrected chi connectivity index (χ4v) is 1.84. The van der Waals surface area contributed by atoms with Gasteiger partial charge in [0.15, 0.2) is 0 Å². The fraction of sp³-hybridized carbons (Fsp3) is 0.636. The lowest BCUT2D eigenvalue weighted by atomic mass is 10.3. The van der Waals surface area contributed by atoms with Crippen LogP contribution < -0.4 is 4.74 Å². The highest BCUT2D eigenvalue weighted by atomic mass is 79.9. The summed E-state index contributed by atoms with van der Waals surface area (Å²) in [7, 11) is 0. The van der Waals surface area contributed by atoms with E-state index in [0.717, 1.165) is 12.8 Å². The number of rotatable bonds is 5. The summed E-state index contributed by atoms with van der Waals surface area (Å²) in [5, 5.41) is 0. The Morgan fingerprint density at radius 2 is 2.06 bits per heavy atom. The minimum absolute atomic E-state index is 0.00701. The van der Waals surface area contributed by atoms with Crippen LogP contribution in [0.5, 0.6) is 5.88 Å². The topological polar surface area (TPSA) is 35.0 Å². The number of hydrogen-bond acceptors (Lipinski definition) is 3. The zero-order valence-electron chi connectivity index (χ0n) is 9.50. The van der Waals surface area contributed by atoms with Gasteiger partial charge in [-0.25, -0.2) is 4.98 Å². The van der Waals surface area contributed by atoms with Crippen molar-refractivity contribution in [2.45, 2.75) is 37.8 Å². The molecule has 0 aromatic carbocycles. The average molecular weight is 325 g/mol. The first-order chi connectivity index (χ1) is 8.44. The van der Waals surface area contributed by atoms with Gasteiger partial charge in [0.1, 0.15) is 10.4 Å². The highest BCUT2D eigenvalue weighted by molar-refractivity contribution is 9.10. The van der Waals surface area contributed by atoms with E-state index in [1.807, 2.05) is 0 Å². The van der Waals surface area contributed by atoms with E-state index in [-0.39, 0.29) is 13.0 Å². The van der Waals surface area contributed by atoms with Crippen molar-refractivity contribution in [2.75, 3.05) is 6.61 Å². The first-order valence-electron chi connectivity index (χ1n) is 5.68. The van der Waals surface area contributed by atoms with Crippen molar-refractivity contribution in [1.82, 2.24) is 9.97 Å². The minimum atomic E-state index is -4.13. The van der Waals surface area contributed by atoms with Crippen LogP contribution in [0.4, 0.5) is 13.2 Å². The van der Waals surface area contributed by atoms with Gasteiger partial charge in [-0.05, 0) is 35.2 Å². The van der Waals surface area contributed by atoms with Gasteiger partial charge < -0.3 is 4.74 Å². The first kappa shape index (κ1) is 13.6. The average Bonchev–Trinajstić information content (AvgIpc) is 3.06. The summed E-state index contributed by atoms with van der Waals surface area (Å²) >= 11 is 3.24. The van der Waals surface area contributed by atoms with Crippen molar-refractivity contribution in [2.24, 2.45) is 0 Å². The van der Waals surface area contributed by atoms with Gasteiger partial charge >= 0.3 is 6.18 Å². The molecule has 1 heterocycles. The van der Waals surface area contributed by atoms with E-state index in [0.29, 0.717) is 22.2 Å². The van der Waals surface area contributed by atoms with E-state index in [9.17, 15) is 13.2 Å². The molecule has 1 aromatic heterocycles. The Bertz CT molecular complexity index is 421. The molecule has 0 unspecified atom stereocenters. The maximum Gasteiger partial charge on any atom is 0.389 e. The second-order valence-electron chi connectivity index (χ2n) is 4.23. The zero-order valence-corrected chi connectivity index (χ0v) is 11.1. The van der Waals surface area contributed by atoms with Gasteiger partial charge in [0.05, 0.1) is 6.61 Å². The van der Waals surface area contributed by atoms with E-state index in [4.69, 9.17) is 4.74 Å². The highest BCUT2D eigenvalue weighted by Crippen LogP contribution is 2.39. The largest absolute Gasteiger partial charge is 0.478 e. The van der Waals surface area contributed by atoms with E-state index < -0.39 is 12.6 Å². The predicted molar refractivity (Wildman–Crippen MR) is 62.5 cm³/mol. The van der Waals surface area contributed by atoms with Crippen molar-refractivity contribution in [3.63, 3.8) is 0 Å². The van der Waals surface area contributed by atoms with Gasteiger partial charge in [0.25, 0.3) is 0 Å². The molecule has 2 rings (SSSR count). The molecular formula is C11H12BrF3N2O. The monoisotopic (exact) mass is 324 g/mol. The Morgan fingerprint density at radius 1 is 1.33 bits per heavy atom. The van der Waals surface area contributed by atoms with Crippen LogP contribution in [0.15, 0.2) is 10.7 Å². The van der Waals surface area contributed by atoms with Gasteiger partial charge in [0.2, 0.25) is 5.88 Å². The Kier molecular flexibility index (Phi) is 4.09. The van der Waals surface area contributed by atoms with Crippen molar-refractivity contribution in [3.05, 3.63) is 16.5 Å². The molecule has 18 heavy (non-hydrogen) atoms. The second kappa shape index (κ2) is 5.42. The van der Waals surface area contributed by atoms with Crippen LogP contribution in [0.3, 0.4) is 0 Å². The van der Waals surface area contributed by atoms with Crippen LogP contribution in [-0.4, -0.2) is 22.8 Å². The Balaban J connectivity index is 1.85. The van der Waals surface area contributed by atoms with Crippen LogP contribution in [0, 0.1) is 0 Å². The normalized spacial score (nSPS) is 15.8. The van der Waals surface area contributed by atoms with E-state index >= 15 is 0 Å². The minimum Gasteiger partial charge on any atom is -0.478 e. The summed E-state index contributed by atoms with van der Waals surface area (Å²) in [6.07, 6.45) is -2.92. The van der Waals surface area contributed by atoms with Crippen LogP contribution >= 0.6 is 15.9 Å². The smallest absolute Gasteiger partial charge is 0.389 e. The molecule has 7 heteroatoms. The number of ether oxygens (including phenoxy) is 1. The quantitative estimate of drug-likeness (QED) is 0.609. The molecule has 0 radical (unpaired) electrons. The van der Waals surface area contributed by atoms with Crippen molar-refractivity contribution in [3.8, 4) is 5.88 Å². The van der Waals surface area contributed by atoms with E-state index in [1.165, 1.54) is 0 Å². The van der Waals surface area contributed by atoms with Crippen LogP contribution in [-0.2, 0) is 0 Å². The molecule has 0 amide bonds. The maximum atomic E-state index is 11.9. The van der Waals surface area contributed by atoms with Gasteiger partial charge in [-0.1, -0.05) is 0 Å². The van der Waals surface area contributed by atoms with Gasteiger partial charge in [-0.3, -0.25) is 0 Å².